The standard InChI is InChI=1S/C10H7NOS2/c11-6-8-3-5-14-10(8)12-7-9-2-1-4-13-9/h1-5H,7H2. The Bertz CT molecular complexity index is 439. The van der Waals surface area contributed by atoms with Crippen LogP contribution in [0.5, 0.6) is 5.06 Å². The summed E-state index contributed by atoms with van der Waals surface area (Å²) >= 11 is 3.11. The van der Waals surface area contributed by atoms with Crippen LogP contribution in [0.1, 0.15) is 10.4 Å². The topological polar surface area (TPSA) is 33.0 Å². The van der Waals surface area contributed by atoms with Gasteiger partial charge in [-0.3, -0.25) is 0 Å². The van der Waals surface area contributed by atoms with Crippen molar-refractivity contribution in [3.63, 3.8) is 0 Å². The van der Waals surface area contributed by atoms with Gasteiger partial charge in [0.15, 0.2) is 5.06 Å². The Morgan fingerprint density at radius 3 is 2.93 bits per heavy atom. The molecule has 0 saturated heterocycles. The highest BCUT2D eigenvalue weighted by Crippen LogP contribution is 2.26. The van der Waals surface area contributed by atoms with Crippen molar-refractivity contribution in [1.82, 2.24) is 0 Å². The van der Waals surface area contributed by atoms with Crippen LogP contribution in [0.2, 0.25) is 0 Å². The lowest BCUT2D eigenvalue weighted by Gasteiger charge is -2.00. The maximum absolute atomic E-state index is 8.74. The molecule has 0 radical (unpaired) electrons. The van der Waals surface area contributed by atoms with E-state index in [1.54, 1.807) is 17.4 Å². The van der Waals surface area contributed by atoms with Crippen LogP contribution in [0.25, 0.3) is 0 Å². The minimum absolute atomic E-state index is 0.548. The molecular weight excluding hydrogens is 214 g/mol. The molecule has 2 nitrogen and oxygen atoms in total. The largest absolute Gasteiger partial charge is 0.477 e. The SMILES string of the molecule is N#Cc1ccsc1OCc1cccs1. The molecule has 0 N–H and O–H groups in total. The van der Waals surface area contributed by atoms with E-state index in [-0.39, 0.29) is 0 Å². The zero-order chi connectivity index (χ0) is 9.80. The molecule has 2 aromatic rings. The lowest BCUT2D eigenvalue weighted by atomic mass is 10.4. The van der Waals surface area contributed by atoms with Crippen molar-refractivity contribution in [2.75, 3.05) is 0 Å². The molecule has 0 saturated carbocycles. The fourth-order valence-corrected chi connectivity index (χ4v) is 2.33. The average Bonchev–Trinajstić information content (AvgIpc) is 2.85. The minimum atomic E-state index is 0.548. The summed E-state index contributed by atoms with van der Waals surface area (Å²) in [5.41, 5.74) is 0.617. The number of hydrogen-bond donors (Lipinski definition) is 0. The summed E-state index contributed by atoms with van der Waals surface area (Å²) in [7, 11) is 0. The van der Waals surface area contributed by atoms with Crippen molar-refractivity contribution >= 4 is 22.7 Å². The van der Waals surface area contributed by atoms with Gasteiger partial charge in [0.1, 0.15) is 18.2 Å². The van der Waals surface area contributed by atoms with Crippen molar-refractivity contribution < 1.29 is 4.74 Å². The maximum Gasteiger partial charge on any atom is 0.192 e. The van der Waals surface area contributed by atoms with Gasteiger partial charge < -0.3 is 4.74 Å². The van der Waals surface area contributed by atoms with Crippen molar-refractivity contribution in [3.05, 3.63) is 39.4 Å². The molecule has 4 heteroatoms. The van der Waals surface area contributed by atoms with Gasteiger partial charge in [-0.2, -0.15) is 5.26 Å². The van der Waals surface area contributed by atoms with Crippen molar-refractivity contribution in [1.29, 1.82) is 5.26 Å². The quantitative estimate of drug-likeness (QED) is 0.797. The lowest BCUT2D eigenvalue weighted by molar-refractivity contribution is 0.318. The average molecular weight is 221 g/mol. The number of rotatable bonds is 3. The molecule has 70 valence electrons. The lowest BCUT2D eigenvalue weighted by Crippen LogP contribution is -1.91. The fraction of sp³-hybridized carbons (Fsp3) is 0.100. The van der Waals surface area contributed by atoms with Crippen LogP contribution < -0.4 is 4.74 Å². The maximum atomic E-state index is 8.74. The highest BCUT2D eigenvalue weighted by molar-refractivity contribution is 7.12. The predicted molar refractivity (Wildman–Crippen MR) is 57.7 cm³/mol. The number of nitriles is 1. The number of ether oxygens (including phenoxy) is 1. The Kier molecular flexibility index (Phi) is 2.82. The summed E-state index contributed by atoms with van der Waals surface area (Å²) in [6.45, 7) is 0.548. The first-order chi connectivity index (χ1) is 6.90. The van der Waals surface area contributed by atoms with Crippen LogP contribution in [-0.4, -0.2) is 0 Å². The van der Waals surface area contributed by atoms with Crippen LogP contribution in [-0.2, 0) is 6.61 Å². The molecule has 0 aliphatic rings. The number of hydrogen-bond acceptors (Lipinski definition) is 4. The minimum Gasteiger partial charge on any atom is -0.477 e. The third-order valence-electron chi connectivity index (χ3n) is 1.68. The van der Waals surface area contributed by atoms with E-state index < -0.39 is 0 Å². The Morgan fingerprint density at radius 1 is 1.29 bits per heavy atom. The molecule has 0 atom stereocenters. The van der Waals surface area contributed by atoms with Gasteiger partial charge in [-0.25, -0.2) is 0 Å². The summed E-state index contributed by atoms with van der Waals surface area (Å²) in [6.07, 6.45) is 0. The molecule has 0 aliphatic heterocycles. The second-order valence-corrected chi connectivity index (χ2v) is 4.51. The first-order valence-electron chi connectivity index (χ1n) is 4.03. The fourth-order valence-electron chi connectivity index (χ4n) is 1.02. The van der Waals surface area contributed by atoms with Gasteiger partial charge in [-0.1, -0.05) is 6.07 Å². The smallest absolute Gasteiger partial charge is 0.192 e. The van der Waals surface area contributed by atoms with E-state index in [2.05, 4.69) is 6.07 Å². The highest BCUT2D eigenvalue weighted by atomic mass is 32.1. The third-order valence-corrected chi connectivity index (χ3v) is 3.35. The summed E-state index contributed by atoms with van der Waals surface area (Å²) in [6, 6.07) is 7.87. The van der Waals surface area contributed by atoms with Gasteiger partial charge in [0.2, 0.25) is 0 Å². The first-order valence-corrected chi connectivity index (χ1v) is 5.79. The molecule has 14 heavy (non-hydrogen) atoms. The zero-order valence-corrected chi connectivity index (χ0v) is 8.90. The summed E-state index contributed by atoms with van der Waals surface area (Å²) in [4.78, 5) is 1.17. The normalized spacial score (nSPS) is 9.64. The molecule has 0 amide bonds. The second kappa shape index (κ2) is 4.27. The van der Waals surface area contributed by atoms with Crippen molar-refractivity contribution in [3.8, 4) is 11.1 Å². The van der Waals surface area contributed by atoms with Crippen LogP contribution in [0.15, 0.2) is 29.0 Å². The summed E-state index contributed by atoms with van der Waals surface area (Å²) in [5, 5.41) is 13.3. The van der Waals surface area contributed by atoms with Gasteiger partial charge in [0.25, 0.3) is 0 Å². The third kappa shape index (κ3) is 1.95. The van der Waals surface area contributed by atoms with Crippen LogP contribution in [0.3, 0.4) is 0 Å². The van der Waals surface area contributed by atoms with Gasteiger partial charge in [-0.05, 0) is 22.9 Å². The Morgan fingerprint density at radius 2 is 2.21 bits per heavy atom. The Labute approximate surface area is 90.0 Å². The predicted octanol–water partition coefficient (Wildman–Crippen LogP) is 3.26. The molecular formula is C10H7NOS2. The molecule has 0 aliphatic carbocycles. The van der Waals surface area contributed by atoms with Gasteiger partial charge in [-0.15, -0.1) is 22.7 Å². The van der Waals surface area contributed by atoms with Crippen LogP contribution >= 0.6 is 22.7 Å². The highest BCUT2D eigenvalue weighted by Gasteiger charge is 2.04. The summed E-state index contributed by atoms with van der Waals surface area (Å²) in [5.74, 6) is 0. The molecule has 2 heterocycles. The molecule has 0 aromatic carbocycles. The van der Waals surface area contributed by atoms with E-state index in [0.717, 1.165) is 0 Å². The van der Waals surface area contributed by atoms with Crippen molar-refractivity contribution in [2.45, 2.75) is 6.61 Å². The Hall–Kier alpha value is -1.31. The van der Waals surface area contributed by atoms with E-state index >= 15 is 0 Å². The molecule has 0 spiro atoms. The van der Waals surface area contributed by atoms with E-state index in [9.17, 15) is 0 Å². The van der Waals surface area contributed by atoms with E-state index in [0.29, 0.717) is 17.2 Å². The molecule has 0 unspecified atom stereocenters. The zero-order valence-electron chi connectivity index (χ0n) is 7.27. The Balaban J connectivity index is 2.02. The van der Waals surface area contributed by atoms with Gasteiger partial charge in [0, 0.05) is 4.88 Å². The molecule has 2 aromatic heterocycles. The first kappa shape index (κ1) is 9.25. The molecule has 0 bridgehead atoms. The van der Waals surface area contributed by atoms with E-state index in [1.807, 2.05) is 22.9 Å². The van der Waals surface area contributed by atoms with Crippen molar-refractivity contribution in [2.24, 2.45) is 0 Å². The molecule has 2 rings (SSSR count). The summed E-state index contributed by atoms with van der Waals surface area (Å²) < 4.78 is 5.52. The van der Waals surface area contributed by atoms with E-state index in [4.69, 9.17) is 10.00 Å². The second-order valence-electron chi connectivity index (χ2n) is 2.60. The van der Waals surface area contributed by atoms with Gasteiger partial charge >= 0.3 is 0 Å². The molecule has 0 fully saturated rings. The van der Waals surface area contributed by atoms with Crippen LogP contribution in [0.4, 0.5) is 0 Å². The van der Waals surface area contributed by atoms with E-state index in [1.165, 1.54) is 16.2 Å². The van der Waals surface area contributed by atoms with Gasteiger partial charge in [0.05, 0.1) is 0 Å². The monoisotopic (exact) mass is 221 g/mol. The number of thiophene rings is 2. The number of nitrogens with zero attached hydrogens (tertiary/aromatic N) is 1. The van der Waals surface area contributed by atoms with Crippen LogP contribution in [0, 0.1) is 11.3 Å².